The van der Waals surface area contributed by atoms with E-state index >= 15 is 0 Å². The molecule has 1 N–H and O–H groups in total. The number of halogens is 3. The smallest absolute Gasteiger partial charge is 0.549 e. The topological polar surface area (TPSA) is 106 Å². The van der Waals surface area contributed by atoms with Crippen LogP contribution in [0.4, 0.5) is 5.69 Å². The Kier molecular flexibility index (Phi) is 8.92. The van der Waals surface area contributed by atoms with E-state index in [-0.39, 0.29) is 70.0 Å². The standard InChI is InChI=1S/C26H18Cl3N3O5.Na/c27-15-2-1-3-17(10-15)32-13-16(12-30-32)31-25(33)14-4-6-18(7-5-14)37-24-21(28)11-20-19(26(34)35)8-9-36-23(20)22(24)29;/h1-7,10-13,19H,8-9H2,(H,31,33)(H,34,35);/q;+1/p-1. The van der Waals surface area contributed by atoms with Crippen molar-refractivity contribution in [2.24, 2.45) is 0 Å². The van der Waals surface area contributed by atoms with Crippen LogP contribution in [0.2, 0.25) is 15.1 Å². The minimum Gasteiger partial charge on any atom is -0.549 e. The number of fused-ring (bicyclic) bond motifs is 1. The molecular weight excluding hydrogens is 564 g/mol. The average Bonchev–Trinajstić information content (AvgIpc) is 3.35. The predicted octanol–water partition coefficient (Wildman–Crippen LogP) is 2.50. The number of ether oxygens (including phenoxy) is 2. The van der Waals surface area contributed by atoms with E-state index in [9.17, 15) is 14.7 Å². The fourth-order valence-corrected chi connectivity index (χ4v) is 4.71. The largest absolute Gasteiger partial charge is 1.00 e. The summed E-state index contributed by atoms with van der Waals surface area (Å²) in [6.45, 7) is 0.175. The Morgan fingerprint density at radius 1 is 1.11 bits per heavy atom. The molecule has 8 nitrogen and oxygen atoms in total. The van der Waals surface area contributed by atoms with Gasteiger partial charge in [-0.15, -0.1) is 0 Å². The van der Waals surface area contributed by atoms with Crippen molar-refractivity contribution in [3.8, 4) is 22.9 Å². The Bertz CT molecular complexity index is 1510. The van der Waals surface area contributed by atoms with Gasteiger partial charge < -0.3 is 24.7 Å². The summed E-state index contributed by atoms with van der Waals surface area (Å²) < 4.78 is 13.0. The fourth-order valence-electron chi connectivity index (χ4n) is 3.92. The van der Waals surface area contributed by atoms with Crippen LogP contribution in [-0.2, 0) is 4.79 Å². The van der Waals surface area contributed by atoms with Crippen LogP contribution in [0.5, 0.6) is 17.2 Å². The summed E-state index contributed by atoms with van der Waals surface area (Å²) in [6, 6.07) is 15.0. The van der Waals surface area contributed by atoms with E-state index in [1.165, 1.54) is 12.3 Å². The molecule has 1 aromatic heterocycles. The molecule has 0 saturated heterocycles. The fraction of sp³-hybridized carbons (Fsp3) is 0.115. The number of carbonyl (C=O) groups is 2. The minimum atomic E-state index is -1.23. The molecule has 12 heteroatoms. The molecule has 1 atom stereocenters. The number of hydrogen-bond donors (Lipinski definition) is 1. The molecule has 2 heterocycles. The Morgan fingerprint density at radius 3 is 2.58 bits per heavy atom. The molecular formula is C26H17Cl3N3NaO5. The van der Waals surface area contributed by atoms with Crippen molar-refractivity contribution in [1.82, 2.24) is 9.78 Å². The maximum atomic E-state index is 12.7. The van der Waals surface area contributed by atoms with E-state index in [1.54, 1.807) is 47.3 Å². The molecule has 0 aliphatic carbocycles. The molecule has 1 aliphatic heterocycles. The van der Waals surface area contributed by atoms with Gasteiger partial charge in [0.25, 0.3) is 5.91 Å². The maximum Gasteiger partial charge on any atom is 1.00 e. The molecule has 38 heavy (non-hydrogen) atoms. The number of benzene rings is 3. The Labute approximate surface area is 254 Å². The average molecular weight is 581 g/mol. The number of carboxylic acids is 1. The number of carbonyl (C=O) groups excluding carboxylic acids is 2. The van der Waals surface area contributed by atoms with Crippen molar-refractivity contribution >= 4 is 52.4 Å². The van der Waals surface area contributed by atoms with Crippen LogP contribution in [0.15, 0.2) is 67.0 Å². The molecule has 0 bridgehead atoms. The first-order chi connectivity index (χ1) is 17.8. The minimum absolute atomic E-state index is 0. The van der Waals surface area contributed by atoms with Crippen molar-refractivity contribution < 1.29 is 53.7 Å². The first kappa shape index (κ1) is 28.3. The van der Waals surface area contributed by atoms with E-state index in [0.29, 0.717) is 27.6 Å². The van der Waals surface area contributed by atoms with Gasteiger partial charge in [-0.25, -0.2) is 4.68 Å². The zero-order chi connectivity index (χ0) is 26.1. The van der Waals surface area contributed by atoms with Crippen LogP contribution in [0, 0.1) is 0 Å². The SMILES string of the molecule is O=C(Nc1cnn(-c2cccc(Cl)c2)c1)c1ccc(Oc2c(Cl)cc3c(c2Cl)OCCC3C(=O)[O-])cc1.[Na+]. The van der Waals surface area contributed by atoms with Crippen LogP contribution < -0.4 is 49.5 Å². The molecule has 1 aliphatic rings. The predicted molar refractivity (Wildman–Crippen MR) is 137 cm³/mol. The number of aliphatic carboxylic acids is 1. The van der Waals surface area contributed by atoms with Crippen molar-refractivity contribution in [1.29, 1.82) is 0 Å². The van der Waals surface area contributed by atoms with Gasteiger partial charge in [-0.05, 0) is 55.0 Å². The van der Waals surface area contributed by atoms with Gasteiger partial charge in [-0.3, -0.25) is 4.79 Å². The Balaban J connectivity index is 0.00000336. The quantitative estimate of drug-likeness (QED) is 0.352. The van der Waals surface area contributed by atoms with Crippen LogP contribution in [0.25, 0.3) is 5.69 Å². The van der Waals surface area contributed by atoms with Crippen molar-refractivity contribution in [2.45, 2.75) is 12.3 Å². The molecule has 3 aromatic carbocycles. The number of nitrogens with zero attached hydrogens (tertiary/aromatic N) is 2. The normalized spacial score (nSPS) is 14.0. The summed E-state index contributed by atoms with van der Waals surface area (Å²) >= 11 is 18.8. The van der Waals surface area contributed by atoms with E-state index < -0.39 is 11.9 Å². The molecule has 188 valence electrons. The molecule has 1 amide bonds. The number of nitrogens with one attached hydrogen (secondary N) is 1. The number of amides is 1. The summed E-state index contributed by atoms with van der Waals surface area (Å²) in [6.07, 6.45) is 3.46. The third-order valence-corrected chi connectivity index (χ3v) is 6.58. The van der Waals surface area contributed by atoms with Gasteiger partial charge in [0.2, 0.25) is 0 Å². The Hall–Kier alpha value is -2.72. The Morgan fingerprint density at radius 2 is 1.87 bits per heavy atom. The molecule has 1 unspecified atom stereocenters. The zero-order valence-corrected chi connectivity index (χ0v) is 24.2. The molecule has 0 spiro atoms. The van der Waals surface area contributed by atoms with Crippen LogP contribution >= 0.6 is 34.8 Å². The van der Waals surface area contributed by atoms with E-state index in [1.807, 2.05) is 12.1 Å². The van der Waals surface area contributed by atoms with Gasteiger partial charge in [0.1, 0.15) is 16.5 Å². The van der Waals surface area contributed by atoms with Crippen LogP contribution in [0.1, 0.15) is 28.3 Å². The van der Waals surface area contributed by atoms with Crippen LogP contribution in [0.3, 0.4) is 0 Å². The van der Waals surface area contributed by atoms with Gasteiger partial charge >= 0.3 is 29.6 Å². The van der Waals surface area contributed by atoms with Gasteiger partial charge in [0.15, 0.2) is 5.75 Å². The van der Waals surface area contributed by atoms with Crippen molar-refractivity contribution in [3.63, 3.8) is 0 Å². The maximum absolute atomic E-state index is 12.7. The van der Waals surface area contributed by atoms with E-state index in [2.05, 4.69) is 10.4 Å². The van der Waals surface area contributed by atoms with E-state index in [4.69, 9.17) is 44.3 Å². The van der Waals surface area contributed by atoms with Gasteiger partial charge in [-0.1, -0.05) is 40.9 Å². The number of aromatic nitrogens is 2. The van der Waals surface area contributed by atoms with Crippen molar-refractivity contribution in [3.05, 3.63) is 93.2 Å². The second-order valence-corrected chi connectivity index (χ2v) is 9.38. The third kappa shape index (κ3) is 5.96. The number of anilines is 1. The first-order valence-electron chi connectivity index (χ1n) is 11.1. The first-order valence-corrected chi connectivity index (χ1v) is 12.2. The van der Waals surface area contributed by atoms with Gasteiger partial charge in [0, 0.05) is 28.0 Å². The second-order valence-electron chi connectivity index (χ2n) is 8.16. The van der Waals surface area contributed by atoms with Crippen molar-refractivity contribution in [2.75, 3.05) is 11.9 Å². The number of hydrogen-bond acceptors (Lipinski definition) is 6. The van der Waals surface area contributed by atoms with Crippen LogP contribution in [-0.4, -0.2) is 28.3 Å². The second kappa shape index (κ2) is 12.0. The summed E-state index contributed by atoms with van der Waals surface area (Å²) in [5.74, 6) is -1.76. The summed E-state index contributed by atoms with van der Waals surface area (Å²) in [4.78, 5) is 24.2. The summed E-state index contributed by atoms with van der Waals surface area (Å²) in [5, 5.41) is 19.3. The summed E-state index contributed by atoms with van der Waals surface area (Å²) in [5.41, 5.74) is 1.99. The number of carboxylic acid groups (broad SMARTS) is 1. The molecule has 0 fully saturated rings. The zero-order valence-electron chi connectivity index (χ0n) is 19.9. The van der Waals surface area contributed by atoms with E-state index in [0.717, 1.165) is 5.69 Å². The molecule has 0 saturated carbocycles. The van der Waals surface area contributed by atoms with Gasteiger partial charge in [-0.2, -0.15) is 5.10 Å². The third-order valence-electron chi connectivity index (χ3n) is 5.72. The van der Waals surface area contributed by atoms with Gasteiger partial charge in [0.05, 0.1) is 35.4 Å². The molecule has 4 aromatic rings. The number of rotatable bonds is 6. The molecule has 5 rings (SSSR count). The molecule has 0 radical (unpaired) electrons. The monoisotopic (exact) mass is 579 g/mol. The summed E-state index contributed by atoms with van der Waals surface area (Å²) in [7, 11) is 0.